The lowest BCUT2D eigenvalue weighted by Crippen LogP contribution is -2.40. The van der Waals surface area contributed by atoms with Gasteiger partial charge in [0.1, 0.15) is 11.5 Å². The number of fused-ring (bicyclic) bond motifs is 1. The molecule has 9 heteroatoms. The van der Waals surface area contributed by atoms with Crippen LogP contribution in [-0.4, -0.2) is 39.2 Å². The molecular formula is C19H14F3IO5. The van der Waals surface area contributed by atoms with Crippen LogP contribution in [-0.2, 0) is 4.79 Å². The zero-order valence-electron chi connectivity index (χ0n) is 14.3. The number of phenols is 1. The Morgan fingerprint density at radius 3 is 2.14 bits per heavy atom. The summed E-state index contributed by atoms with van der Waals surface area (Å²) < 4.78 is 43.8. The van der Waals surface area contributed by atoms with Gasteiger partial charge in [-0.1, -0.05) is 22.6 Å². The van der Waals surface area contributed by atoms with Crippen molar-refractivity contribution in [3.63, 3.8) is 0 Å². The number of rotatable bonds is 3. The van der Waals surface area contributed by atoms with E-state index in [1.54, 1.807) is 0 Å². The Kier molecular flexibility index (Phi) is 6.70. The van der Waals surface area contributed by atoms with Crippen molar-refractivity contribution in [3.8, 4) is 11.5 Å². The minimum absolute atomic E-state index is 0.0207. The van der Waals surface area contributed by atoms with Gasteiger partial charge >= 0.3 is 12.1 Å². The molecule has 0 aromatic heterocycles. The van der Waals surface area contributed by atoms with Gasteiger partial charge in [0.05, 0.1) is 5.57 Å². The largest absolute Gasteiger partial charge is 0.508 e. The van der Waals surface area contributed by atoms with Gasteiger partial charge < -0.3 is 14.9 Å². The van der Waals surface area contributed by atoms with E-state index in [0.717, 1.165) is 6.08 Å². The molecule has 3 rings (SSSR count). The second-order valence-corrected chi connectivity index (χ2v) is 5.57. The zero-order valence-corrected chi connectivity index (χ0v) is 16.5. The lowest BCUT2D eigenvalue weighted by molar-refractivity contribution is -0.187. The van der Waals surface area contributed by atoms with Crippen LogP contribution in [0.25, 0.3) is 6.08 Å². The number of carboxylic acids is 1. The number of carbonyl (C=O) groups is 2. The maximum absolute atomic E-state index is 13.0. The quantitative estimate of drug-likeness (QED) is 0.365. The Labute approximate surface area is 171 Å². The molecule has 0 bridgehead atoms. The van der Waals surface area contributed by atoms with Crippen molar-refractivity contribution < 1.29 is 37.7 Å². The molecule has 1 aliphatic rings. The van der Waals surface area contributed by atoms with E-state index < -0.39 is 29.6 Å². The number of aliphatic carboxylic acids is 1. The van der Waals surface area contributed by atoms with Crippen molar-refractivity contribution in [1.82, 2.24) is 0 Å². The number of halogens is 4. The molecule has 0 fully saturated rings. The molecule has 0 spiro atoms. The lowest BCUT2D eigenvalue weighted by atomic mass is 9.96. The molecule has 2 N–H and O–H groups in total. The third-order valence-electron chi connectivity index (χ3n) is 3.78. The summed E-state index contributed by atoms with van der Waals surface area (Å²) in [6.07, 6.45) is -6.61. The summed E-state index contributed by atoms with van der Waals surface area (Å²) >= 11 is 2.15. The van der Waals surface area contributed by atoms with E-state index in [4.69, 9.17) is 9.84 Å². The average Bonchev–Trinajstić information content (AvgIpc) is 2.67. The van der Waals surface area contributed by atoms with Crippen LogP contribution in [0.5, 0.6) is 11.5 Å². The highest BCUT2D eigenvalue weighted by atomic mass is 127. The van der Waals surface area contributed by atoms with E-state index in [9.17, 15) is 27.9 Å². The molecular weight excluding hydrogens is 492 g/mol. The van der Waals surface area contributed by atoms with Crippen molar-refractivity contribution in [3.05, 3.63) is 64.7 Å². The number of hydrogen-bond donors (Lipinski definition) is 2. The average molecular weight is 506 g/mol. The molecule has 148 valence electrons. The number of carbonyl (C=O) groups excluding carboxylic acids is 1. The van der Waals surface area contributed by atoms with E-state index >= 15 is 0 Å². The first-order valence-electron chi connectivity index (χ1n) is 7.70. The first-order valence-corrected chi connectivity index (χ1v) is 9.86. The lowest BCUT2D eigenvalue weighted by Gasteiger charge is -2.27. The molecule has 28 heavy (non-hydrogen) atoms. The molecule has 2 aromatic rings. The maximum Gasteiger partial charge on any atom is 0.430 e. The molecule has 0 radical (unpaired) electrons. The van der Waals surface area contributed by atoms with Gasteiger partial charge in [0, 0.05) is 16.7 Å². The first kappa shape index (κ1) is 21.7. The van der Waals surface area contributed by atoms with Crippen LogP contribution in [0.15, 0.2) is 48.0 Å². The van der Waals surface area contributed by atoms with Crippen molar-refractivity contribution in [2.45, 2.75) is 12.3 Å². The Balaban J connectivity index is 0.00000136. The standard InChI is InChI=1S/C18H11F3O5.CH3I/c19-18(20,21)16-13(17(24)25)8-11-7-10(3-6-14(11)26-16)15(23)9-1-4-12(22)5-2-9;1-2/h1-8,16,22H,(H,24,25);1H3. The van der Waals surface area contributed by atoms with Gasteiger partial charge in [-0.3, -0.25) is 4.79 Å². The maximum atomic E-state index is 13.0. The number of alkyl halides is 4. The Morgan fingerprint density at radius 2 is 1.61 bits per heavy atom. The zero-order chi connectivity index (χ0) is 21.1. The summed E-state index contributed by atoms with van der Waals surface area (Å²) in [4.78, 5) is 25.6. The van der Waals surface area contributed by atoms with Crippen LogP contribution in [0.1, 0.15) is 21.5 Å². The molecule has 5 nitrogen and oxygen atoms in total. The van der Waals surface area contributed by atoms with Crippen LogP contribution in [0.2, 0.25) is 0 Å². The van der Waals surface area contributed by atoms with Gasteiger partial charge in [0.2, 0.25) is 6.10 Å². The number of phenolic OH excluding ortho intramolecular Hbond substituents is 1. The van der Waals surface area contributed by atoms with Gasteiger partial charge in [-0.2, -0.15) is 13.2 Å². The van der Waals surface area contributed by atoms with Gasteiger partial charge in [0.15, 0.2) is 5.78 Å². The Bertz CT molecular complexity index is 920. The topological polar surface area (TPSA) is 83.8 Å². The Hall–Kier alpha value is -2.56. The van der Waals surface area contributed by atoms with E-state index in [2.05, 4.69) is 22.6 Å². The molecule has 1 heterocycles. The van der Waals surface area contributed by atoms with Crippen molar-refractivity contribution in [2.75, 3.05) is 4.93 Å². The fourth-order valence-electron chi connectivity index (χ4n) is 2.54. The smallest absolute Gasteiger partial charge is 0.430 e. The molecule has 2 aromatic carbocycles. The van der Waals surface area contributed by atoms with Gasteiger partial charge in [-0.15, -0.1) is 0 Å². The fraction of sp³-hybridized carbons (Fsp3) is 0.158. The molecule has 0 saturated carbocycles. The number of benzene rings is 2. The monoisotopic (exact) mass is 506 g/mol. The molecule has 1 atom stereocenters. The van der Waals surface area contributed by atoms with Crippen molar-refractivity contribution in [2.24, 2.45) is 0 Å². The highest BCUT2D eigenvalue weighted by molar-refractivity contribution is 14.1. The van der Waals surface area contributed by atoms with Crippen LogP contribution < -0.4 is 4.74 Å². The van der Waals surface area contributed by atoms with Gasteiger partial charge in [-0.05, 0) is 53.5 Å². The minimum Gasteiger partial charge on any atom is -0.508 e. The van der Waals surface area contributed by atoms with E-state index in [1.807, 2.05) is 4.93 Å². The van der Waals surface area contributed by atoms with Crippen LogP contribution in [0.4, 0.5) is 13.2 Å². The minimum atomic E-state index is -4.89. The molecule has 1 unspecified atom stereocenters. The highest BCUT2D eigenvalue weighted by Gasteiger charge is 2.48. The third-order valence-corrected chi connectivity index (χ3v) is 3.78. The molecule has 0 amide bonds. The molecule has 0 aliphatic carbocycles. The SMILES string of the molecule is CI.O=C(O)C1=Cc2cc(C(=O)c3ccc(O)cc3)ccc2OC1C(F)(F)F. The van der Waals surface area contributed by atoms with Crippen molar-refractivity contribution in [1.29, 1.82) is 0 Å². The summed E-state index contributed by atoms with van der Waals surface area (Å²) in [5.74, 6) is -2.38. The second kappa shape index (κ2) is 8.63. The van der Waals surface area contributed by atoms with E-state index in [0.29, 0.717) is 0 Å². The number of aromatic hydroxyl groups is 1. The fourth-order valence-corrected chi connectivity index (χ4v) is 2.54. The number of carboxylic acid groups (broad SMARTS) is 1. The second-order valence-electron chi connectivity index (χ2n) is 5.57. The van der Waals surface area contributed by atoms with Gasteiger partial charge in [-0.25, -0.2) is 4.79 Å². The highest BCUT2D eigenvalue weighted by Crippen LogP contribution is 2.37. The third kappa shape index (κ3) is 4.64. The predicted molar refractivity (Wildman–Crippen MR) is 104 cm³/mol. The number of ketones is 1. The number of hydrogen-bond acceptors (Lipinski definition) is 4. The Morgan fingerprint density at radius 1 is 1.04 bits per heavy atom. The van der Waals surface area contributed by atoms with Crippen LogP contribution in [0, 0.1) is 0 Å². The van der Waals surface area contributed by atoms with Gasteiger partial charge in [0.25, 0.3) is 0 Å². The summed E-state index contributed by atoms with van der Waals surface area (Å²) in [5.41, 5.74) is -0.494. The normalized spacial score (nSPS) is 15.3. The van der Waals surface area contributed by atoms with E-state index in [-0.39, 0.29) is 28.2 Å². The summed E-state index contributed by atoms with van der Waals surface area (Å²) in [7, 11) is 0. The first-order chi connectivity index (χ1) is 13.2. The summed E-state index contributed by atoms with van der Waals surface area (Å²) in [5, 5.41) is 18.3. The van der Waals surface area contributed by atoms with Crippen LogP contribution in [0.3, 0.4) is 0 Å². The predicted octanol–water partition coefficient (Wildman–Crippen LogP) is 4.47. The van der Waals surface area contributed by atoms with Crippen LogP contribution >= 0.6 is 22.6 Å². The number of ether oxygens (including phenoxy) is 1. The summed E-state index contributed by atoms with van der Waals surface area (Å²) in [6.45, 7) is 0. The molecule has 1 aliphatic heterocycles. The van der Waals surface area contributed by atoms with E-state index in [1.165, 1.54) is 42.5 Å². The van der Waals surface area contributed by atoms with Crippen molar-refractivity contribution >= 4 is 40.4 Å². The summed E-state index contributed by atoms with van der Waals surface area (Å²) in [6, 6.07) is 9.19. The molecule has 0 saturated heterocycles.